The summed E-state index contributed by atoms with van der Waals surface area (Å²) in [5.41, 5.74) is 6.15. The van der Waals surface area contributed by atoms with E-state index in [1.807, 2.05) is 0 Å². The first-order valence-electron chi connectivity index (χ1n) is 3.96. The van der Waals surface area contributed by atoms with Crippen molar-refractivity contribution in [3.8, 4) is 5.75 Å². The van der Waals surface area contributed by atoms with Crippen molar-refractivity contribution in [3.05, 3.63) is 17.5 Å². The summed E-state index contributed by atoms with van der Waals surface area (Å²) < 4.78 is 0.577. The molecule has 0 fully saturated rings. The van der Waals surface area contributed by atoms with E-state index in [0.29, 0.717) is 10.4 Å². The highest BCUT2D eigenvalue weighted by Crippen LogP contribution is 2.32. The molecule has 0 saturated heterocycles. The lowest BCUT2D eigenvalue weighted by molar-refractivity contribution is 0.420. The van der Waals surface area contributed by atoms with Crippen molar-refractivity contribution in [3.63, 3.8) is 0 Å². The summed E-state index contributed by atoms with van der Waals surface area (Å²) in [6.07, 6.45) is 0. The average Bonchev–Trinajstić information content (AvgIpc) is 2.59. The summed E-state index contributed by atoms with van der Waals surface area (Å²) in [4.78, 5) is 0. The van der Waals surface area contributed by atoms with E-state index in [1.54, 1.807) is 11.4 Å². The number of nitrogen functional groups attached to an aromatic ring is 1. The molecule has 0 spiro atoms. The van der Waals surface area contributed by atoms with Crippen LogP contribution in [-0.4, -0.2) is 22.3 Å². The first kappa shape index (κ1) is 9.33. The largest absolute Gasteiger partial charge is 0.507 e. The van der Waals surface area contributed by atoms with Gasteiger partial charge in [0, 0.05) is 16.5 Å². The van der Waals surface area contributed by atoms with Crippen LogP contribution in [0, 0.1) is 0 Å². The van der Waals surface area contributed by atoms with Crippen LogP contribution >= 0.6 is 11.3 Å². The maximum Gasteiger partial charge on any atom is 0.492 e. The number of phenolic OH excluding ortho intramolecular Hbond substituents is 1. The average molecular weight is 209 g/mol. The second-order valence-electron chi connectivity index (χ2n) is 2.94. The molecule has 2 aromatic rings. The van der Waals surface area contributed by atoms with Gasteiger partial charge in [-0.05, 0) is 17.5 Å². The van der Waals surface area contributed by atoms with Gasteiger partial charge in [0.15, 0.2) is 0 Å². The number of anilines is 1. The van der Waals surface area contributed by atoms with Gasteiger partial charge in [-0.1, -0.05) is 0 Å². The second kappa shape index (κ2) is 3.16. The summed E-state index contributed by atoms with van der Waals surface area (Å²) in [6.45, 7) is 0. The van der Waals surface area contributed by atoms with Crippen LogP contribution in [0.5, 0.6) is 5.75 Å². The van der Waals surface area contributed by atoms with Crippen LogP contribution in [-0.2, 0) is 0 Å². The zero-order valence-electron chi connectivity index (χ0n) is 7.14. The van der Waals surface area contributed by atoms with Gasteiger partial charge in [0.25, 0.3) is 0 Å². The molecule has 0 radical (unpaired) electrons. The van der Waals surface area contributed by atoms with Crippen LogP contribution in [0.15, 0.2) is 17.5 Å². The maximum atomic E-state index is 9.67. The lowest BCUT2D eigenvalue weighted by Crippen LogP contribution is -2.30. The van der Waals surface area contributed by atoms with Gasteiger partial charge in [0.1, 0.15) is 5.75 Å². The van der Waals surface area contributed by atoms with Gasteiger partial charge < -0.3 is 20.9 Å². The molecule has 0 unspecified atom stereocenters. The van der Waals surface area contributed by atoms with Crippen molar-refractivity contribution >= 4 is 39.7 Å². The molecule has 5 N–H and O–H groups in total. The Bertz CT molecular complexity index is 483. The quantitative estimate of drug-likeness (QED) is 0.299. The fourth-order valence-electron chi connectivity index (χ4n) is 1.36. The van der Waals surface area contributed by atoms with Crippen molar-refractivity contribution in [2.75, 3.05) is 5.73 Å². The van der Waals surface area contributed by atoms with E-state index in [4.69, 9.17) is 15.8 Å². The van der Waals surface area contributed by atoms with E-state index >= 15 is 0 Å². The Labute approximate surface area is 84.4 Å². The van der Waals surface area contributed by atoms with Crippen LogP contribution in [0.1, 0.15) is 0 Å². The Hall–Kier alpha value is -1.24. The zero-order valence-corrected chi connectivity index (χ0v) is 7.95. The number of benzene rings is 1. The van der Waals surface area contributed by atoms with Gasteiger partial charge in [0.2, 0.25) is 0 Å². The minimum absolute atomic E-state index is 0.0393. The number of aromatic hydroxyl groups is 1. The number of rotatable bonds is 1. The van der Waals surface area contributed by atoms with Gasteiger partial charge in [0.05, 0.1) is 4.70 Å². The topological polar surface area (TPSA) is 86.7 Å². The normalized spacial score (nSPS) is 10.7. The Balaban J connectivity index is 2.82. The molecule has 0 saturated carbocycles. The fourth-order valence-corrected chi connectivity index (χ4v) is 2.24. The summed E-state index contributed by atoms with van der Waals surface area (Å²) in [5.74, 6) is -0.112. The first-order valence-corrected chi connectivity index (χ1v) is 4.84. The second-order valence-corrected chi connectivity index (χ2v) is 3.86. The first-order chi connectivity index (χ1) is 6.61. The molecule has 4 nitrogen and oxygen atoms in total. The summed E-state index contributed by atoms with van der Waals surface area (Å²) in [7, 11) is -1.70. The highest BCUT2D eigenvalue weighted by molar-refractivity contribution is 7.17. The van der Waals surface area contributed by atoms with Crippen molar-refractivity contribution in [2.24, 2.45) is 0 Å². The van der Waals surface area contributed by atoms with Crippen LogP contribution in [0.4, 0.5) is 5.69 Å². The summed E-state index contributed by atoms with van der Waals surface area (Å²) in [5, 5.41) is 30.1. The number of fused-ring (bicyclic) bond motifs is 1. The standard InChI is InChI=1S/C8H8BNO3S/c10-6-3-5(9(12)13)7(11)8-4(6)1-2-14-8/h1-3,11-13H,10H2. The molecule has 1 aromatic heterocycles. The maximum absolute atomic E-state index is 9.67. The molecule has 6 heteroatoms. The van der Waals surface area contributed by atoms with Gasteiger partial charge >= 0.3 is 7.12 Å². The lowest BCUT2D eigenvalue weighted by atomic mass is 9.79. The molecule has 0 atom stereocenters. The van der Waals surface area contributed by atoms with Crippen LogP contribution < -0.4 is 11.2 Å². The molecule has 0 aliphatic carbocycles. The van der Waals surface area contributed by atoms with Gasteiger partial charge in [-0.15, -0.1) is 11.3 Å². The van der Waals surface area contributed by atoms with E-state index < -0.39 is 7.12 Å². The third kappa shape index (κ3) is 1.24. The van der Waals surface area contributed by atoms with Crippen molar-refractivity contribution in [2.45, 2.75) is 0 Å². The summed E-state index contributed by atoms with van der Waals surface area (Å²) in [6, 6.07) is 3.15. The third-order valence-electron chi connectivity index (χ3n) is 2.05. The Morgan fingerprint density at radius 2 is 2.07 bits per heavy atom. The molecule has 14 heavy (non-hydrogen) atoms. The van der Waals surface area contributed by atoms with Crippen LogP contribution in [0.2, 0.25) is 0 Å². The van der Waals surface area contributed by atoms with E-state index in [0.717, 1.165) is 5.39 Å². The highest BCUT2D eigenvalue weighted by Gasteiger charge is 2.20. The van der Waals surface area contributed by atoms with Crippen molar-refractivity contribution < 1.29 is 15.2 Å². The monoisotopic (exact) mass is 209 g/mol. The number of phenols is 1. The predicted molar refractivity (Wildman–Crippen MR) is 57.7 cm³/mol. The molecule has 72 valence electrons. The van der Waals surface area contributed by atoms with Crippen molar-refractivity contribution in [1.29, 1.82) is 0 Å². The predicted octanol–water partition coefficient (Wildman–Crippen LogP) is -0.131. The molecule has 2 rings (SSSR count). The van der Waals surface area contributed by atoms with Crippen LogP contribution in [0.25, 0.3) is 10.1 Å². The smallest absolute Gasteiger partial charge is 0.492 e. The minimum atomic E-state index is -1.70. The molecular formula is C8H8BNO3S. The Kier molecular flexibility index (Phi) is 2.11. The van der Waals surface area contributed by atoms with Gasteiger partial charge in [-0.3, -0.25) is 0 Å². The molecule has 0 bridgehead atoms. The SMILES string of the molecule is Nc1cc(B(O)O)c(O)c2sccc12. The van der Waals surface area contributed by atoms with E-state index in [1.165, 1.54) is 17.4 Å². The highest BCUT2D eigenvalue weighted by atomic mass is 32.1. The fraction of sp³-hybridized carbons (Fsp3) is 0. The number of hydrogen-bond donors (Lipinski definition) is 4. The van der Waals surface area contributed by atoms with E-state index in [-0.39, 0.29) is 11.2 Å². The van der Waals surface area contributed by atoms with Crippen molar-refractivity contribution in [1.82, 2.24) is 0 Å². The number of nitrogens with two attached hydrogens (primary N) is 1. The molecule has 0 amide bonds. The van der Waals surface area contributed by atoms with E-state index in [9.17, 15) is 5.11 Å². The molecule has 0 aliphatic rings. The lowest BCUT2D eigenvalue weighted by Gasteiger charge is -2.06. The van der Waals surface area contributed by atoms with E-state index in [2.05, 4.69) is 0 Å². The number of hydrogen-bond acceptors (Lipinski definition) is 5. The van der Waals surface area contributed by atoms with Crippen LogP contribution in [0.3, 0.4) is 0 Å². The number of thiophene rings is 1. The molecule has 0 aliphatic heterocycles. The minimum Gasteiger partial charge on any atom is -0.507 e. The molecular weight excluding hydrogens is 201 g/mol. The Morgan fingerprint density at radius 3 is 2.71 bits per heavy atom. The van der Waals surface area contributed by atoms with Gasteiger partial charge in [-0.25, -0.2) is 0 Å². The van der Waals surface area contributed by atoms with Gasteiger partial charge in [-0.2, -0.15) is 0 Å². The molecule has 1 aromatic carbocycles. The zero-order chi connectivity index (χ0) is 10.3. The summed E-state index contributed by atoms with van der Waals surface area (Å²) >= 11 is 1.31. The Morgan fingerprint density at radius 1 is 1.36 bits per heavy atom. The molecule has 1 heterocycles. The third-order valence-corrected chi connectivity index (χ3v) is 2.98.